The molecule has 0 radical (unpaired) electrons. The monoisotopic (exact) mass is 264 g/mol. The molecule has 3 aliphatic rings. The summed E-state index contributed by atoms with van der Waals surface area (Å²) in [6, 6.07) is 0. The van der Waals surface area contributed by atoms with Gasteiger partial charge in [0.1, 0.15) is 5.78 Å². The topological polar surface area (TPSA) is 63.6 Å². The van der Waals surface area contributed by atoms with Crippen molar-refractivity contribution in [2.45, 2.75) is 52.2 Å². The molecule has 0 aromatic rings. The van der Waals surface area contributed by atoms with E-state index in [1.807, 2.05) is 0 Å². The molecular formula is C15H20O4. The highest BCUT2D eigenvalue weighted by Crippen LogP contribution is 2.58. The van der Waals surface area contributed by atoms with Gasteiger partial charge in [-0.2, -0.15) is 0 Å². The van der Waals surface area contributed by atoms with Gasteiger partial charge in [0.15, 0.2) is 0 Å². The number of rotatable bonds is 0. The lowest BCUT2D eigenvalue weighted by atomic mass is 9.53. The molecular weight excluding hydrogens is 244 g/mol. The molecule has 4 heteroatoms. The van der Waals surface area contributed by atoms with Crippen molar-refractivity contribution in [2.75, 3.05) is 0 Å². The first-order valence-corrected chi connectivity index (χ1v) is 6.96. The summed E-state index contributed by atoms with van der Waals surface area (Å²) in [6.07, 6.45) is 2.28. The van der Waals surface area contributed by atoms with E-state index in [0.29, 0.717) is 29.9 Å². The van der Waals surface area contributed by atoms with Gasteiger partial charge >= 0.3 is 5.97 Å². The molecule has 2 saturated carbocycles. The molecule has 1 aliphatic heterocycles. The summed E-state index contributed by atoms with van der Waals surface area (Å²) in [5.41, 5.74) is 1.05. The Balaban J connectivity index is 2.07. The summed E-state index contributed by atoms with van der Waals surface area (Å²) in [7, 11) is 0. The minimum atomic E-state index is -1.53. The number of aliphatic hydroxyl groups is 1. The molecule has 4 nitrogen and oxygen atoms in total. The van der Waals surface area contributed by atoms with Crippen LogP contribution < -0.4 is 0 Å². The fraction of sp³-hybridized carbons (Fsp3) is 0.733. The zero-order valence-electron chi connectivity index (χ0n) is 11.7. The van der Waals surface area contributed by atoms with Crippen molar-refractivity contribution in [2.24, 2.45) is 17.3 Å². The summed E-state index contributed by atoms with van der Waals surface area (Å²) in [5, 5.41) is 10.6. The molecule has 0 saturated heterocycles. The smallest absolute Gasteiger partial charge is 0.336 e. The van der Waals surface area contributed by atoms with Crippen LogP contribution in [0.1, 0.15) is 46.5 Å². The fourth-order valence-corrected chi connectivity index (χ4v) is 4.02. The molecule has 0 unspecified atom stereocenters. The first-order valence-electron chi connectivity index (χ1n) is 6.96. The van der Waals surface area contributed by atoms with E-state index in [9.17, 15) is 14.7 Å². The summed E-state index contributed by atoms with van der Waals surface area (Å²) >= 11 is 0. The van der Waals surface area contributed by atoms with Gasteiger partial charge in [-0.05, 0) is 31.1 Å². The van der Waals surface area contributed by atoms with E-state index >= 15 is 0 Å². The van der Waals surface area contributed by atoms with Crippen molar-refractivity contribution in [1.82, 2.24) is 0 Å². The Kier molecular flexibility index (Phi) is 2.50. The van der Waals surface area contributed by atoms with E-state index in [-0.39, 0.29) is 23.5 Å². The molecule has 0 amide bonds. The van der Waals surface area contributed by atoms with Crippen molar-refractivity contribution >= 4 is 11.8 Å². The lowest BCUT2D eigenvalue weighted by Crippen LogP contribution is -2.53. The van der Waals surface area contributed by atoms with Crippen LogP contribution in [0.5, 0.6) is 0 Å². The molecule has 19 heavy (non-hydrogen) atoms. The maximum Gasteiger partial charge on any atom is 0.336 e. The second-order valence-corrected chi connectivity index (χ2v) is 6.62. The molecule has 3 rings (SSSR count). The highest BCUT2D eigenvalue weighted by atomic mass is 16.7. The van der Waals surface area contributed by atoms with Crippen molar-refractivity contribution in [3.05, 3.63) is 11.1 Å². The lowest BCUT2D eigenvalue weighted by Gasteiger charge is -2.51. The van der Waals surface area contributed by atoms with E-state index in [1.54, 1.807) is 6.92 Å². The van der Waals surface area contributed by atoms with E-state index in [4.69, 9.17) is 4.74 Å². The van der Waals surface area contributed by atoms with E-state index in [0.717, 1.165) is 6.42 Å². The third-order valence-electron chi connectivity index (χ3n) is 5.66. The zero-order chi connectivity index (χ0) is 14.0. The summed E-state index contributed by atoms with van der Waals surface area (Å²) in [5.74, 6) is -1.56. The Morgan fingerprint density at radius 3 is 2.74 bits per heavy atom. The van der Waals surface area contributed by atoms with Crippen molar-refractivity contribution in [1.29, 1.82) is 0 Å². The second-order valence-electron chi connectivity index (χ2n) is 6.62. The maximum absolute atomic E-state index is 12.2. The van der Waals surface area contributed by atoms with Gasteiger partial charge in [-0.25, -0.2) is 4.79 Å². The molecule has 1 N–H and O–H groups in total. The normalized spacial score (nSPS) is 45.9. The van der Waals surface area contributed by atoms with Gasteiger partial charge < -0.3 is 9.84 Å². The van der Waals surface area contributed by atoms with Crippen LogP contribution in [0, 0.1) is 17.3 Å². The van der Waals surface area contributed by atoms with Gasteiger partial charge in [0.25, 0.3) is 0 Å². The predicted octanol–water partition coefficient (Wildman–Crippen LogP) is 1.96. The minimum Gasteiger partial charge on any atom is -0.426 e. The SMILES string of the molecule is CC1=C2C[C@@]3(C)[C@H](C[C@@]2(O)OC1=O)C(=O)CC[C@@H]3C. The molecule has 0 bridgehead atoms. The molecule has 1 heterocycles. The molecule has 0 spiro atoms. The second kappa shape index (κ2) is 3.69. The highest BCUT2D eigenvalue weighted by molar-refractivity contribution is 5.93. The number of Topliss-reactive ketones (excluding diaryl/α,β-unsaturated/α-hetero) is 1. The van der Waals surface area contributed by atoms with Crippen molar-refractivity contribution in [3.8, 4) is 0 Å². The highest BCUT2D eigenvalue weighted by Gasteiger charge is 2.59. The Labute approximate surface area is 112 Å². The quantitative estimate of drug-likeness (QED) is 0.679. The Morgan fingerprint density at radius 1 is 1.37 bits per heavy atom. The molecule has 2 fully saturated rings. The first-order chi connectivity index (χ1) is 8.78. The predicted molar refractivity (Wildman–Crippen MR) is 68.0 cm³/mol. The van der Waals surface area contributed by atoms with E-state index in [2.05, 4.69) is 13.8 Å². The van der Waals surface area contributed by atoms with Crippen LogP contribution in [0.15, 0.2) is 11.1 Å². The number of hydrogen-bond acceptors (Lipinski definition) is 4. The number of carbonyl (C=O) groups excluding carboxylic acids is 2. The van der Waals surface area contributed by atoms with Gasteiger partial charge in [-0.15, -0.1) is 0 Å². The van der Waals surface area contributed by atoms with Crippen LogP contribution in [-0.4, -0.2) is 22.6 Å². The number of hydrogen-bond donors (Lipinski definition) is 1. The van der Waals surface area contributed by atoms with Gasteiger partial charge in [0.05, 0.1) is 0 Å². The molecule has 0 aromatic heterocycles. The van der Waals surface area contributed by atoms with Crippen LogP contribution in [0.4, 0.5) is 0 Å². The van der Waals surface area contributed by atoms with E-state index < -0.39 is 11.8 Å². The summed E-state index contributed by atoms with van der Waals surface area (Å²) in [6.45, 7) is 5.98. The largest absolute Gasteiger partial charge is 0.426 e. The van der Waals surface area contributed by atoms with Gasteiger partial charge in [-0.1, -0.05) is 13.8 Å². The van der Waals surface area contributed by atoms with Crippen LogP contribution in [0.25, 0.3) is 0 Å². The maximum atomic E-state index is 12.2. The van der Waals surface area contributed by atoms with Crippen LogP contribution >= 0.6 is 0 Å². The Bertz CT molecular complexity index is 506. The summed E-state index contributed by atoms with van der Waals surface area (Å²) < 4.78 is 5.13. The van der Waals surface area contributed by atoms with Gasteiger partial charge in [0.2, 0.25) is 5.79 Å². The third-order valence-corrected chi connectivity index (χ3v) is 5.66. The number of fused-ring (bicyclic) bond motifs is 2. The van der Waals surface area contributed by atoms with Crippen LogP contribution in [0.2, 0.25) is 0 Å². The average Bonchev–Trinajstić information content (AvgIpc) is 2.55. The summed E-state index contributed by atoms with van der Waals surface area (Å²) in [4.78, 5) is 23.9. The molecule has 0 aromatic carbocycles. The standard InChI is InChI=1S/C15H20O4/c1-8-4-5-12(16)11-7-15(18)10(6-14(8,11)3)9(2)13(17)19-15/h8,11,18H,4-7H2,1-3H3/t8-,11+,14+,15+/m0/s1. The molecule has 4 atom stereocenters. The number of carbonyl (C=O) groups is 2. The lowest BCUT2D eigenvalue weighted by molar-refractivity contribution is -0.204. The molecule has 104 valence electrons. The number of ketones is 1. The third kappa shape index (κ3) is 1.55. The average molecular weight is 264 g/mol. The van der Waals surface area contributed by atoms with E-state index in [1.165, 1.54) is 0 Å². The van der Waals surface area contributed by atoms with Gasteiger partial charge in [0, 0.05) is 29.9 Å². The van der Waals surface area contributed by atoms with Crippen molar-refractivity contribution in [3.63, 3.8) is 0 Å². The Morgan fingerprint density at radius 2 is 2.05 bits per heavy atom. The van der Waals surface area contributed by atoms with Crippen molar-refractivity contribution < 1.29 is 19.4 Å². The number of ether oxygens (including phenoxy) is 1. The van der Waals surface area contributed by atoms with Gasteiger partial charge in [-0.3, -0.25) is 4.79 Å². The minimum absolute atomic E-state index is 0.161. The molecule has 2 aliphatic carbocycles. The zero-order valence-corrected chi connectivity index (χ0v) is 11.7. The fourth-order valence-electron chi connectivity index (χ4n) is 4.02. The first kappa shape index (κ1) is 12.9. The number of esters is 1. The van der Waals surface area contributed by atoms with Crippen LogP contribution in [0.3, 0.4) is 0 Å². The Hall–Kier alpha value is -1.16. The van der Waals surface area contributed by atoms with Crippen LogP contribution in [-0.2, 0) is 14.3 Å².